The Labute approximate surface area is 121 Å². The van der Waals surface area contributed by atoms with Crippen molar-refractivity contribution < 1.29 is 9.47 Å². The molecule has 0 bridgehead atoms. The van der Waals surface area contributed by atoms with Gasteiger partial charge in [-0.2, -0.15) is 0 Å². The average molecular weight is 287 g/mol. The molecule has 1 aromatic rings. The third-order valence-electron chi connectivity index (χ3n) is 3.26. The lowest BCUT2D eigenvalue weighted by atomic mass is 10.3. The number of halogens is 1. The van der Waals surface area contributed by atoms with Gasteiger partial charge in [-0.15, -0.1) is 12.4 Å². The Morgan fingerprint density at radius 2 is 1.95 bits per heavy atom. The highest BCUT2D eigenvalue weighted by atomic mass is 35.5. The molecule has 1 aliphatic heterocycles. The van der Waals surface area contributed by atoms with Crippen LogP contribution < -0.4 is 15.2 Å². The van der Waals surface area contributed by atoms with Crippen LogP contribution in [0.4, 0.5) is 5.69 Å². The van der Waals surface area contributed by atoms with Crippen LogP contribution >= 0.6 is 12.4 Å². The molecule has 1 aliphatic rings. The van der Waals surface area contributed by atoms with Gasteiger partial charge in [0.05, 0.1) is 13.7 Å². The van der Waals surface area contributed by atoms with Crippen molar-refractivity contribution in [3.05, 3.63) is 18.2 Å². The van der Waals surface area contributed by atoms with E-state index in [2.05, 4.69) is 4.90 Å². The number of anilines is 1. The van der Waals surface area contributed by atoms with Crippen LogP contribution in [0.2, 0.25) is 0 Å². The standard InChI is InChI=1S/C14H22N2O2.ClH/c1-17-13-6-5-12(15)11-14(13)18-10-4-9-16-7-2-3-8-16;/h5-6,11H,2-4,7-10,15H2,1H3;1H. The van der Waals surface area contributed by atoms with E-state index < -0.39 is 0 Å². The summed E-state index contributed by atoms with van der Waals surface area (Å²) < 4.78 is 11.0. The highest BCUT2D eigenvalue weighted by molar-refractivity contribution is 5.85. The molecule has 19 heavy (non-hydrogen) atoms. The fraction of sp³-hybridized carbons (Fsp3) is 0.571. The smallest absolute Gasteiger partial charge is 0.163 e. The van der Waals surface area contributed by atoms with Gasteiger partial charge >= 0.3 is 0 Å². The highest BCUT2D eigenvalue weighted by Gasteiger charge is 2.10. The molecule has 5 heteroatoms. The maximum Gasteiger partial charge on any atom is 0.163 e. The van der Waals surface area contributed by atoms with E-state index in [0.717, 1.165) is 24.5 Å². The monoisotopic (exact) mass is 286 g/mol. The van der Waals surface area contributed by atoms with Crippen molar-refractivity contribution in [3.63, 3.8) is 0 Å². The Bertz CT molecular complexity index is 382. The average Bonchev–Trinajstić information content (AvgIpc) is 2.88. The number of benzene rings is 1. The minimum absolute atomic E-state index is 0. The number of ether oxygens (including phenoxy) is 2. The van der Waals surface area contributed by atoms with Gasteiger partial charge in [0.25, 0.3) is 0 Å². The van der Waals surface area contributed by atoms with Crippen molar-refractivity contribution in [1.29, 1.82) is 0 Å². The second-order valence-corrected chi connectivity index (χ2v) is 4.66. The summed E-state index contributed by atoms with van der Waals surface area (Å²) >= 11 is 0. The van der Waals surface area contributed by atoms with E-state index in [0.29, 0.717) is 12.3 Å². The second kappa shape index (κ2) is 8.12. The summed E-state index contributed by atoms with van der Waals surface area (Å²) in [4.78, 5) is 2.49. The number of hydrogen-bond acceptors (Lipinski definition) is 4. The summed E-state index contributed by atoms with van der Waals surface area (Å²) in [5.74, 6) is 1.48. The van der Waals surface area contributed by atoms with Crippen LogP contribution in [0.1, 0.15) is 19.3 Å². The van der Waals surface area contributed by atoms with E-state index in [4.69, 9.17) is 15.2 Å². The van der Waals surface area contributed by atoms with Crippen LogP contribution in [0.3, 0.4) is 0 Å². The van der Waals surface area contributed by atoms with E-state index in [1.807, 2.05) is 18.2 Å². The number of rotatable bonds is 6. The molecule has 4 nitrogen and oxygen atoms in total. The lowest BCUT2D eigenvalue weighted by molar-refractivity contribution is 0.254. The summed E-state index contributed by atoms with van der Waals surface area (Å²) in [5.41, 5.74) is 6.44. The first-order chi connectivity index (χ1) is 8.79. The maximum atomic E-state index is 5.74. The van der Waals surface area contributed by atoms with Gasteiger partial charge in [-0.3, -0.25) is 0 Å². The summed E-state index contributed by atoms with van der Waals surface area (Å²) in [6, 6.07) is 5.47. The quantitative estimate of drug-likeness (QED) is 0.645. The van der Waals surface area contributed by atoms with Crippen LogP contribution in [-0.4, -0.2) is 38.3 Å². The van der Waals surface area contributed by atoms with Crippen molar-refractivity contribution in [2.45, 2.75) is 19.3 Å². The molecule has 1 aromatic carbocycles. The number of hydrogen-bond donors (Lipinski definition) is 1. The molecule has 0 unspecified atom stereocenters. The van der Waals surface area contributed by atoms with E-state index in [1.165, 1.54) is 25.9 Å². The van der Waals surface area contributed by atoms with E-state index in [1.54, 1.807) is 7.11 Å². The molecule has 2 rings (SSSR count). The zero-order valence-electron chi connectivity index (χ0n) is 11.4. The molecule has 2 N–H and O–H groups in total. The highest BCUT2D eigenvalue weighted by Crippen LogP contribution is 2.29. The van der Waals surface area contributed by atoms with Gasteiger partial charge in [-0.25, -0.2) is 0 Å². The Morgan fingerprint density at radius 3 is 2.63 bits per heavy atom. The third-order valence-corrected chi connectivity index (χ3v) is 3.26. The summed E-state index contributed by atoms with van der Waals surface area (Å²) in [7, 11) is 1.64. The lowest BCUT2D eigenvalue weighted by Crippen LogP contribution is -2.21. The van der Waals surface area contributed by atoms with E-state index >= 15 is 0 Å². The normalized spacial score (nSPS) is 15.0. The Morgan fingerprint density at radius 1 is 1.21 bits per heavy atom. The van der Waals surface area contributed by atoms with Gasteiger partial charge in [0.1, 0.15) is 0 Å². The first kappa shape index (κ1) is 15.9. The molecule has 0 aromatic heterocycles. The Balaban J connectivity index is 0.00000180. The maximum absolute atomic E-state index is 5.74. The number of nitrogens with zero attached hydrogens (tertiary/aromatic N) is 1. The van der Waals surface area contributed by atoms with Crippen molar-refractivity contribution in [1.82, 2.24) is 4.90 Å². The fourth-order valence-corrected chi connectivity index (χ4v) is 2.28. The van der Waals surface area contributed by atoms with Gasteiger partial charge in [-0.1, -0.05) is 0 Å². The molecule has 0 aliphatic carbocycles. The molecule has 0 radical (unpaired) electrons. The molecule has 0 saturated carbocycles. The Kier molecular flexibility index (Phi) is 6.81. The number of likely N-dealkylation sites (tertiary alicyclic amines) is 1. The molecule has 1 fully saturated rings. The van der Waals surface area contributed by atoms with Crippen LogP contribution in [0.5, 0.6) is 11.5 Å². The van der Waals surface area contributed by atoms with Crippen LogP contribution in [-0.2, 0) is 0 Å². The molecule has 0 amide bonds. The van der Waals surface area contributed by atoms with Gasteiger partial charge in [-0.05, 0) is 44.5 Å². The molecular formula is C14H23ClN2O2. The van der Waals surface area contributed by atoms with Crippen LogP contribution in [0.25, 0.3) is 0 Å². The number of nitrogens with two attached hydrogens (primary N) is 1. The molecule has 0 atom stereocenters. The SMILES string of the molecule is COc1ccc(N)cc1OCCCN1CCCC1.Cl. The number of methoxy groups -OCH3 is 1. The van der Waals surface area contributed by atoms with E-state index in [-0.39, 0.29) is 12.4 Å². The Hall–Kier alpha value is -1.13. The number of nitrogen functional groups attached to an aromatic ring is 1. The molecule has 108 valence electrons. The van der Waals surface area contributed by atoms with Gasteiger partial charge < -0.3 is 20.1 Å². The molecule has 1 heterocycles. The summed E-state index contributed by atoms with van der Waals surface area (Å²) in [6.45, 7) is 4.30. The van der Waals surface area contributed by atoms with Crippen molar-refractivity contribution in [2.24, 2.45) is 0 Å². The van der Waals surface area contributed by atoms with Crippen LogP contribution in [0, 0.1) is 0 Å². The second-order valence-electron chi connectivity index (χ2n) is 4.66. The zero-order valence-corrected chi connectivity index (χ0v) is 12.2. The molecule has 0 spiro atoms. The third kappa shape index (κ3) is 4.80. The van der Waals surface area contributed by atoms with Crippen molar-refractivity contribution in [2.75, 3.05) is 39.1 Å². The van der Waals surface area contributed by atoms with Gasteiger partial charge in [0.15, 0.2) is 11.5 Å². The first-order valence-corrected chi connectivity index (χ1v) is 6.58. The lowest BCUT2D eigenvalue weighted by Gasteiger charge is -2.15. The minimum atomic E-state index is 0. The largest absolute Gasteiger partial charge is 0.493 e. The van der Waals surface area contributed by atoms with Gasteiger partial charge in [0.2, 0.25) is 0 Å². The van der Waals surface area contributed by atoms with E-state index in [9.17, 15) is 0 Å². The zero-order chi connectivity index (χ0) is 12.8. The van der Waals surface area contributed by atoms with Crippen molar-refractivity contribution in [3.8, 4) is 11.5 Å². The first-order valence-electron chi connectivity index (χ1n) is 6.58. The molecule has 1 saturated heterocycles. The van der Waals surface area contributed by atoms with Crippen LogP contribution in [0.15, 0.2) is 18.2 Å². The predicted molar refractivity (Wildman–Crippen MR) is 80.4 cm³/mol. The molecular weight excluding hydrogens is 264 g/mol. The summed E-state index contributed by atoms with van der Waals surface area (Å²) in [6.07, 6.45) is 3.71. The fourth-order valence-electron chi connectivity index (χ4n) is 2.28. The van der Waals surface area contributed by atoms with Gasteiger partial charge in [0, 0.05) is 18.3 Å². The topological polar surface area (TPSA) is 47.7 Å². The summed E-state index contributed by atoms with van der Waals surface area (Å²) in [5, 5.41) is 0. The predicted octanol–water partition coefficient (Wildman–Crippen LogP) is 2.56. The minimum Gasteiger partial charge on any atom is -0.493 e. The van der Waals surface area contributed by atoms with Crippen molar-refractivity contribution >= 4 is 18.1 Å².